The summed E-state index contributed by atoms with van der Waals surface area (Å²) >= 11 is 4.83. The Kier molecular flexibility index (Phi) is 2.27. The molecule has 8 heavy (non-hydrogen) atoms. The van der Waals surface area contributed by atoms with Crippen molar-refractivity contribution in [3.05, 3.63) is 0 Å². The highest BCUT2D eigenvalue weighted by Gasteiger charge is 2.11. The van der Waals surface area contributed by atoms with Crippen LogP contribution in [0.1, 0.15) is 6.92 Å². The number of imide groups is 1. The van der Waals surface area contributed by atoms with E-state index in [1.807, 2.05) is 0 Å². The van der Waals surface area contributed by atoms with Crippen molar-refractivity contribution >= 4 is 23.8 Å². The first-order valence-electron chi connectivity index (χ1n) is 1.75. The second kappa shape index (κ2) is 2.52. The van der Waals surface area contributed by atoms with Gasteiger partial charge in [0.05, 0.1) is 0 Å². The second-order valence-corrected chi connectivity index (χ2v) is 1.42. The standard InChI is InChI=1S/C3H4ClNO3/c1-2(6)5(4)3(7)8/h1H3,(H,7,8). The third-order valence-electron chi connectivity index (χ3n) is 0.444. The average molecular weight is 138 g/mol. The van der Waals surface area contributed by atoms with Gasteiger partial charge >= 0.3 is 6.09 Å². The number of carbonyl (C=O) groups excluding carboxylic acids is 1. The fraction of sp³-hybridized carbons (Fsp3) is 0.333. The highest BCUT2D eigenvalue weighted by Crippen LogP contribution is 1.93. The maximum absolute atomic E-state index is 10.00. The van der Waals surface area contributed by atoms with Crippen LogP contribution in [0.5, 0.6) is 0 Å². The van der Waals surface area contributed by atoms with Gasteiger partial charge in [-0.3, -0.25) is 4.79 Å². The lowest BCUT2D eigenvalue weighted by Crippen LogP contribution is -2.23. The Morgan fingerprint density at radius 3 is 2.00 bits per heavy atom. The molecular weight excluding hydrogens is 133 g/mol. The molecule has 4 nitrogen and oxygen atoms in total. The van der Waals surface area contributed by atoms with Crippen molar-refractivity contribution in [1.82, 2.24) is 4.42 Å². The van der Waals surface area contributed by atoms with Crippen molar-refractivity contribution in [2.45, 2.75) is 6.92 Å². The molecule has 2 amide bonds. The van der Waals surface area contributed by atoms with Gasteiger partial charge in [0.1, 0.15) is 0 Å². The zero-order chi connectivity index (χ0) is 6.73. The van der Waals surface area contributed by atoms with Crippen LogP contribution >= 0.6 is 11.8 Å². The first kappa shape index (κ1) is 7.23. The maximum Gasteiger partial charge on any atom is 0.429 e. The van der Waals surface area contributed by atoms with Crippen LogP contribution in [0.2, 0.25) is 0 Å². The Balaban J connectivity index is 3.83. The van der Waals surface area contributed by atoms with Crippen molar-refractivity contribution in [2.24, 2.45) is 0 Å². The molecule has 0 aliphatic rings. The number of carboxylic acid groups (broad SMARTS) is 1. The number of hydrogen-bond donors (Lipinski definition) is 1. The van der Waals surface area contributed by atoms with Crippen LogP contribution in [-0.2, 0) is 4.79 Å². The van der Waals surface area contributed by atoms with Crippen LogP contribution < -0.4 is 0 Å². The predicted octanol–water partition coefficient (Wildman–Crippen LogP) is 0.667. The van der Waals surface area contributed by atoms with Crippen LogP contribution in [-0.4, -0.2) is 21.5 Å². The first-order chi connectivity index (χ1) is 3.55. The minimum Gasteiger partial charge on any atom is -0.464 e. The Labute approximate surface area is 50.8 Å². The van der Waals surface area contributed by atoms with Gasteiger partial charge in [-0.05, 0) is 0 Å². The van der Waals surface area contributed by atoms with E-state index in [0.29, 0.717) is 0 Å². The number of hydrogen-bond acceptors (Lipinski definition) is 2. The van der Waals surface area contributed by atoms with Gasteiger partial charge in [-0.15, -0.1) is 0 Å². The zero-order valence-corrected chi connectivity index (χ0v) is 4.84. The number of nitrogens with zero attached hydrogens (tertiary/aromatic N) is 1. The molecule has 5 heteroatoms. The van der Waals surface area contributed by atoms with E-state index in [0.717, 1.165) is 6.92 Å². The van der Waals surface area contributed by atoms with Crippen LogP contribution in [0.4, 0.5) is 4.79 Å². The summed E-state index contributed by atoms with van der Waals surface area (Å²) in [6, 6.07) is 0. The molecule has 0 bridgehead atoms. The third-order valence-corrected chi connectivity index (χ3v) is 0.827. The monoisotopic (exact) mass is 137 g/mol. The topological polar surface area (TPSA) is 57.6 Å². The molecule has 1 N–H and O–H groups in total. The molecule has 0 atom stereocenters. The van der Waals surface area contributed by atoms with Gasteiger partial charge in [-0.2, -0.15) is 4.42 Å². The van der Waals surface area contributed by atoms with Crippen LogP contribution in [0.25, 0.3) is 0 Å². The molecule has 0 aliphatic carbocycles. The van der Waals surface area contributed by atoms with Crippen molar-refractivity contribution in [1.29, 1.82) is 0 Å². The Bertz CT molecular complexity index is 110. The van der Waals surface area contributed by atoms with Gasteiger partial charge in [-0.1, -0.05) is 0 Å². The van der Waals surface area contributed by atoms with E-state index in [9.17, 15) is 9.59 Å². The van der Waals surface area contributed by atoms with E-state index in [1.54, 1.807) is 0 Å². The first-order valence-corrected chi connectivity index (χ1v) is 2.09. The third kappa shape index (κ3) is 1.79. The summed E-state index contributed by atoms with van der Waals surface area (Å²) in [5, 5.41) is 7.93. The summed E-state index contributed by atoms with van der Waals surface area (Å²) in [6.07, 6.45) is -1.46. The Hall–Kier alpha value is -0.770. The molecule has 0 saturated heterocycles. The normalized spacial score (nSPS) is 8.25. The molecular formula is C3H4ClNO3. The van der Waals surface area contributed by atoms with Gasteiger partial charge in [0.2, 0.25) is 5.91 Å². The maximum atomic E-state index is 10.00. The molecule has 0 aromatic carbocycles. The van der Waals surface area contributed by atoms with Crippen molar-refractivity contribution in [3.8, 4) is 0 Å². The van der Waals surface area contributed by atoms with Crippen molar-refractivity contribution in [2.75, 3.05) is 0 Å². The molecule has 0 heterocycles. The average Bonchev–Trinajstić information content (AvgIpc) is 1.64. The summed E-state index contributed by atoms with van der Waals surface area (Å²) in [7, 11) is 0. The van der Waals surface area contributed by atoms with E-state index in [2.05, 4.69) is 0 Å². The molecule has 0 spiro atoms. The molecule has 0 aliphatic heterocycles. The molecule has 0 radical (unpaired) electrons. The van der Waals surface area contributed by atoms with Crippen LogP contribution in [0.3, 0.4) is 0 Å². The highest BCUT2D eigenvalue weighted by molar-refractivity contribution is 6.28. The Morgan fingerprint density at radius 1 is 1.62 bits per heavy atom. The predicted molar refractivity (Wildman–Crippen MR) is 26.4 cm³/mol. The summed E-state index contributed by atoms with van der Waals surface area (Å²) < 4.78 is 0.0833. The lowest BCUT2D eigenvalue weighted by atomic mass is 10.7. The van der Waals surface area contributed by atoms with E-state index in [4.69, 9.17) is 16.9 Å². The van der Waals surface area contributed by atoms with Gasteiger partial charge < -0.3 is 5.11 Å². The lowest BCUT2D eigenvalue weighted by Gasteiger charge is -2.00. The van der Waals surface area contributed by atoms with Gasteiger partial charge in [0.15, 0.2) is 0 Å². The summed E-state index contributed by atoms with van der Waals surface area (Å²) in [6.45, 7) is 1.06. The molecule has 0 rings (SSSR count). The molecule has 0 unspecified atom stereocenters. The molecule has 46 valence electrons. The van der Waals surface area contributed by atoms with Gasteiger partial charge in [0.25, 0.3) is 0 Å². The number of amides is 2. The smallest absolute Gasteiger partial charge is 0.429 e. The Morgan fingerprint density at radius 2 is 2.00 bits per heavy atom. The van der Waals surface area contributed by atoms with Crippen LogP contribution in [0.15, 0.2) is 0 Å². The van der Waals surface area contributed by atoms with Crippen molar-refractivity contribution in [3.63, 3.8) is 0 Å². The van der Waals surface area contributed by atoms with Crippen molar-refractivity contribution < 1.29 is 14.7 Å². The van der Waals surface area contributed by atoms with Gasteiger partial charge in [-0.25, -0.2) is 4.79 Å². The summed E-state index contributed by atoms with van der Waals surface area (Å²) in [5.74, 6) is -0.709. The van der Waals surface area contributed by atoms with Crippen LogP contribution in [0, 0.1) is 0 Å². The molecule has 0 aromatic rings. The number of carbonyl (C=O) groups is 2. The zero-order valence-electron chi connectivity index (χ0n) is 4.09. The molecule has 0 saturated carbocycles. The second-order valence-electron chi connectivity index (χ2n) is 1.08. The summed E-state index contributed by atoms with van der Waals surface area (Å²) in [5.41, 5.74) is 0. The fourth-order valence-corrected chi connectivity index (χ4v) is 0.135. The minimum absolute atomic E-state index is 0.0833. The number of halogens is 1. The van der Waals surface area contributed by atoms with E-state index in [1.165, 1.54) is 0 Å². The molecule has 0 fully saturated rings. The van der Waals surface area contributed by atoms with E-state index >= 15 is 0 Å². The van der Waals surface area contributed by atoms with E-state index < -0.39 is 12.0 Å². The van der Waals surface area contributed by atoms with Gasteiger partial charge in [0, 0.05) is 18.7 Å². The minimum atomic E-state index is -1.46. The fourth-order valence-electron chi connectivity index (χ4n) is 0.135. The number of rotatable bonds is 0. The molecule has 0 aromatic heterocycles. The quantitative estimate of drug-likeness (QED) is 0.499. The van der Waals surface area contributed by atoms with E-state index in [-0.39, 0.29) is 4.42 Å². The summed E-state index contributed by atoms with van der Waals surface area (Å²) in [4.78, 5) is 19.7. The largest absolute Gasteiger partial charge is 0.464 e. The SMILES string of the molecule is CC(=O)N(Cl)C(=O)O. The lowest BCUT2D eigenvalue weighted by molar-refractivity contribution is -0.122. The highest BCUT2D eigenvalue weighted by atomic mass is 35.5.